The quantitative estimate of drug-likeness (QED) is 0.558. The zero-order chi connectivity index (χ0) is 23.7. The van der Waals surface area contributed by atoms with Crippen LogP contribution in [0.1, 0.15) is 24.0 Å². The summed E-state index contributed by atoms with van der Waals surface area (Å²) in [5.74, 6) is -1.69. The van der Waals surface area contributed by atoms with Gasteiger partial charge in [-0.25, -0.2) is 4.79 Å². The number of hydrogen-bond acceptors (Lipinski definition) is 6. The molecule has 4 rings (SSSR count). The van der Waals surface area contributed by atoms with Gasteiger partial charge in [0.1, 0.15) is 10.5 Å². The molecule has 166 valence electrons. The Kier molecular flexibility index (Phi) is 6.43. The number of ether oxygens (including phenoxy) is 1. The smallest absolute Gasteiger partial charge is 0.338 e. The molecule has 9 heteroatoms. The predicted octanol–water partition coefficient (Wildman–Crippen LogP) is 3.21. The van der Waals surface area contributed by atoms with Gasteiger partial charge in [0.25, 0.3) is 5.56 Å². The molecule has 1 aliphatic rings. The Hall–Kier alpha value is -3.31. The van der Waals surface area contributed by atoms with Gasteiger partial charge < -0.3 is 10.5 Å². The van der Waals surface area contributed by atoms with Gasteiger partial charge in [-0.2, -0.15) is 5.26 Å². The Bertz CT molecular complexity index is 1530. The number of halogens is 2. The van der Waals surface area contributed by atoms with Crippen LogP contribution in [0.4, 0.5) is 0 Å². The number of nitrogens with two attached hydrogens (primary N) is 1. The van der Waals surface area contributed by atoms with Crippen molar-refractivity contribution in [2.75, 3.05) is 6.61 Å². The summed E-state index contributed by atoms with van der Waals surface area (Å²) in [5, 5.41) is 11.0. The van der Waals surface area contributed by atoms with Crippen molar-refractivity contribution in [3.05, 3.63) is 94.8 Å². The molecule has 0 aliphatic carbocycles. The first-order valence-corrected chi connectivity index (χ1v) is 11.5. The van der Waals surface area contributed by atoms with Crippen molar-refractivity contribution in [1.82, 2.24) is 4.57 Å². The molecule has 6 nitrogen and oxygen atoms in total. The summed E-state index contributed by atoms with van der Waals surface area (Å²) >= 11 is 13.8. The highest BCUT2D eigenvalue weighted by Crippen LogP contribution is 2.39. The van der Waals surface area contributed by atoms with Crippen molar-refractivity contribution >= 4 is 58.0 Å². The minimum absolute atomic E-state index is 0.00167. The van der Waals surface area contributed by atoms with Gasteiger partial charge in [0.2, 0.25) is 0 Å². The molecule has 0 fully saturated rings. The summed E-state index contributed by atoms with van der Waals surface area (Å²) in [5.41, 5.74) is 7.28. The lowest BCUT2D eigenvalue weighted by molar-refractivity contribution is -0.138. The number of thiazole rings is 1. The normalized spacial score (nSPS) is 15.9. The number of carbonyl (C=O) groups excluding carboxylic acids is 1. The largest absolute Gasteiger partial charge is 0.463 e. The monoisotopic (exact) mass is 497 g/mol. The lowest BCUT2D eigenvalue weighted by Gasteiger charge is -2.25. The van der Waals surface area contributed by atoms with Gasteiger partial charge in [-0.05, 0) is 36.3 Å². The number of fused-ring (bicyclic) bond motifs is 1. The standard InChI is InChI=1S/C24H17Cl2N3O3S/c1-2-32-24(31)20-19(14-8-4-6-10-17(14)26)15(12-27)23-29(21(20)28)22(30)18(33-23)11-13-7-3-5-9-16(13)25/h3-11,19H,2,28H2,1H3/b18-11-/t19-/m1/s1. The number of nitrogens with zero attached hydrogens (tertiary/aromatic N) is 2. The van der Waals surface area contributed by atoms with E-state index in [1.54, 1.807) is 61.5 Å². The lowest BCUT2D eigenvalue weighted by atomic mass is 9.84. The highest BCUT2D eigenvalue weighted by molar-refractivity contribution is 7.07. The van der Waals surface area contributed by atoms with E-state index in [0.29, 0.717) is 30.4 Å². The van der Waals surface area contributed by atoms with E-state index >= 15 is 0 Å². The Balaban J connectivity index is 2.11. The SMILES string of the molecule is CCOC(=O)C1=C(N)n2c(s/c(=C\c3ccccc3Cl)c2=O)=C(C#N)[C@H]1c1ccccc1Cl. The molecule has 2 N–H and O–H groups in total. The zero-order valence-corrected chi connectivity index (χ0v) is 19.7. The molecule has 0 amide bonds. The average molecular weight is 498 g/mol. The van der Waals surface area contributed by atoms with Crippen LogP contribution >= 0.6 is 34.5 Å². The minimum Gasteiger partial charge on any atom is -0.463 e. The molecule has 0 unspecified atom stereocenters. The van der Waals surface area contributed by atoms with E-state index < -0.39 is 17.4 Å². The number of nitriles is 1. The van der Waals surface area contributed by atoms with E-state index in [1.165, 1.54) is 4.57 Å². The topological polar surface area (TPSA) is 98.1 Å². The number of esters is 1. The second kappa shape index (κ2) is 9.28. The fourth-order valence-corrected chi connectivity index (χ4v) is 5.27. The molecule has 1 aromatic heterocycles. The number of carbonyl (C=O) groups is 1. The maximum absolute atomic E-state index is 13.3. The van der Waals surface area contributed by atoms with Crippen LogP contribution < -0.4 is 20.5 Å². The molecule has 0 spiro atoms. The molecule has 0 saturated carbocycles. The molecule has 33 heavy (non-hydrogen) atoms. The van der Waals surface area contributed by atoms with Crippen LogP contribution in [-0.2, 0) is 9.53 Å². The van der Waals surface area contributed by atoms with Crippen molar-refractivity contribution < 1.29 is 9.53 Å². The summed E-state index contributed by atoms with van der Waals surface area (Å²) in [6, 6.07) is 16.1. The molecule has 1 atom stereocenters. The molecule has 0 radical (unpaired) electrons. The number of hydrogen-bond donors (Lipinski definition) is 1. The summed E-state index contributed by atoms with van der Waals surface area (Å²) in [7, 11) is 0. The summed E-state index contributed by atoms with van der Waals surface area (Å²) in [4.78, 5) is 26.3. The van der Waals surface area contributed by atoms with E-state index in [1.807, 2.05) is 0 Å². The number of benzene rings is 2. The summed E-state index contributed by atoms with van der Waals surface area (Å²) < 4.78 is 7.06. The first-order chi connectivity index (χ1) is 15.9. The third-order valence-electron chi connectivity index (χ3n) is 5.17. The molecule has 0 bridgehead atoms. The Morgan fingerprint density at radius 3 is 2.52 bits per heavy atom. The van der Waals surface area contributed by atoms with Crippen LogP contribution in [0.2, 0.25) is 10.0 Å². The van der Waals surface area contributed by atoms with Crippen molar-refractivity contribution in [3.8, 4) is 6.07 Å². The van der Waals surface area contributed by atoms with Gasteiger partial charge in [-0.15, -0.1) is 11.3 Å². The molecule has 2 heterocycles. The van der Waals surface area contributed by atoms with Gasteiger partial charge in [0.05, 0.1) is 34.3 Å². The second-order valence-corrected chi connectivity index (χ2v) is 8.92. The molecule has 2 aromatic carbocycles. The van der Waals surface area contributed by atoms with Crippen LogP contribution in [-0.4, -0.2) is 17.1 Å². The Labute approximate surface area is 203 Å². The van der Waals surface area contributed by atoms with Gasteiger partial charge in [0, 0.05) is 10.0 Å². The maximum Gasteiger partial charge on any atom is 0.338 e. The predicted molar refractivity (Wildman–Crippen MR) is 130 cm³/mol. The van der Waals surface area contributed by atoms with Gasteiger partial charge in [0.15, 0.2) is 0 Å². The van der Waals surface area contributed by atoms with E-state index in [2.05, 4.69) is 6.07 Å². The lowest BCUT2D eigenvalue weighted by Crippen LogP contribution is -2.40. The van der Waals surface area contributed by atoms with Crippen molar-refractivity contribution in [2.24, 2.45) is 5.73 Å². The second-order valence-electron chi connectivity index (χ2n) is 7.08. The maximum atomic E-state index is 13.3. The van der Waals surface area contributed by atoms with Crippen molar-refractivity contribution in [3.63, 3.8) is 0 Å². The van der Waals surface area contributed by atoms with Crippen molar-refractivity contribution in [2.45, 2.75) is 12.8 Å². The highest BCUT2D eigenvalue weighted by atomic mass is 35.5. The van der Waals surface area contributed by atoms with Crippen LogP contribution in [0.3, 0.4) is 0 Å². The van der Waals surface area contributed by atoms with E-state index in [4.69, 9.17) is 33.7 Å². The van der Waals surface area contributed by atoms with Crippen LogP contribution in [0.25, 0.3) is 17.5 Å². The van der Waals surface area contributed by atoms with Gasteiger partial charge >= 0.3 is 5.97 Å². The molecule has 0 saturated heterocycles. The minimum atomic E-state index is -0.881. The van der Waals surface area contributed by atoms with Gasteiger partial charge in [-0.3, -0.25) is 9.36 Å². The third-order valence-corrected chi connectivity index (χ3v) is 6.97. The fourth-order valence-electron chi connectivity index (χ4n) is 3.71. The van der Waals surface area contributed by atoms with E-state index in [0.717, 1.165) is 11.3 Å². The number of aromatic nitrogens is 1. The van der Waals surface area contributed by atoms with Gasteiger partial charge in [-0.1, -0.05) is 59.6 Å². The fraction of sp³-hybridized carbons (Fsp3) is 0.125. The van der Waals surface area contributed by atoms with E-state index in [9.17, 15) is 14.9 Å². The molecular formula is C24H17Cl2N3O3S. The Morgan fingerprint density at radius 1 is 1.21 bits per heavy atom. The highest BCUT2D eigenvalue weighted by Gasteiger charge is 2.37. The Morgan fingerprint density at radius 2 is 1.88 bits per heavy atom. The van der Waals surface area contributed by atoms with Crippen LogP contribution in [0.15, 0.2) is 58.9 Å². The first-order valence-electron chi connectivity index (χ1n) is 9.93. The van der Waals surface area contributed by atoms with Crippen molar-refractivity contribution in [1.29, 1.82) is 5.26 Å². The molecular weight excluding hydrogens is 481 g/mol. The summed E-state index contributed by atoms with van der Waals surface area (Å²) in [6.07, 6.45) is 1.64. The summed E-state index contributed by atoms with van der Waals surface area (Å²) in [6.45, 7) is 1.76. The molecule has 1 aliphatic heterocycles. The van der Waals surface area contributed by atoms with E-state index in [-0.39, 0.29) is 23.6 Å². The first kappa shape index (κ1) is 22.9. The number of rotatable bonds is 4. The van der Waals surface area contributed by atoms with Crippen LogP contribution in [0, 0.1) is 11.3 Å². The average Bonchev–Trinajstić information content (AvgIpc) is 3.12. The molecule has 3 aromatic rings. The van der Waals surface area contributed by atoms with Crippen LogP contribution in [0.5, 0.6) is 0 Å². The zero-order valence-electron chi connectivity index (χ0n) is 17.3. The third kappa shape index (κ3) is 3.98.